The molecule has 2 saturated carbocycles. The lowest BCUT2D eigenvalue weighted by atomic mass is 9.77. The first-order valence-corrected chi connectivity index (χ1v) is 7.42. The highest BCUT2D eigenvalue weighted by atomic mass is 32.2. The van der Waals surface area contributed by atoms with Crippen LogP contribution in [0.2, 0.25) is 0 Å². The third-order valence-electron chi connectivity index (χ3n) is 4.58. The Kier molecular flexibility index (Phi) is 2.46. The molecule has 1 N–H and O–H groups in total. The van der Waals surface area contributed by atoms with Gasteiger partial charge in [0.15, 0.2) is 0 Å². The third kappa shape index (κ3) is 1.57. The van der Waals surface area contributed by atoms with Crippen molar-refractivity contribution in [3.63, 3.8) is 0 Å². The molecule has 1 heterocycles. The van der Waals surface area contributed by atoms with Gasteiger partial charge in [-0.15, -0.1) is 11.8 Å². The van der Waals surface area contributed by atoms with Crippen molar-refractivity contribution >= 4 is 11.8 Å². The Labute approximate surface area is 103 Å². The highest BCUT2D eigenvalue weighted by Gasteiger charge is 2.50. The lowest BCUT2D eigenvalue weighted by Crippen LogP contribution is -2.38. The Hall–Kier alpha value is 0.0500. The predicted molar refractivity (Wildman–Crippen MR) is 69.2 cm³/mol. The number of fused-ring (bicyclic) bond motifs is 4. The molecule has 3 rings (SSSR count). The summed E-state index contributed by atoms with van der Waals surface area (Å²) in [6, 6.07) is 0. The standard InChI is InChI=1S/C14H22OS/c1-14(2,3)11-7-10-12(15)8-4-5-9(6-8)13(10)16-11/h7-10,12-13,15H,4-6H2,1-3H3. The summed E-state index contributed by atoms with van der Waals surface area (Å²) in [6.07, 6.45) is 6.22. The largest absolute Gasteiger partial charge is 0.392 e. The summed E-state index contributed by atoms with van der Waals surface area (Å²) in [5.74, 6) is 1.92. The fourth-order valence-electron chi connectivity index (χ4n) is 3.64. The van der Waals surface area contributed by atoms with Crippen LogP contribution >= 0.6 is 11.8 Å². The van der Waals surface area contributed by atoms with E-state index in [1.54, 1.807) is 0 Å². The molecule has 2 bridgehead atoms. The number of thioether (sulfide) groups is 1. The van der Waals surface area contributed by atoms with Crippen molar-refractivity contribution in [2.24, 2.45) is 23.2 Å². The van der Waals surface area contributed by atoms with Crippen LogP contribution in [0.4, 0.5) is 0 Å². The summed E-state index contributed by atoms with van der Waals surface area (Å²) >= 11 is 2.07. The van der Waals surface area contributed by atoms with Crippen LogP contribution < -0.4 is 0 Å². The van der Waals surface area contributed by atoms with E-state index in [1.165, 1.54) is 24.2 Å². The Morgan fingerprint density at radius 1 is 1.25 bits per heavy atom. The van der Waals surface area contributed by atoms with E-state index in [-0.39, 0.29) is 11.5 Å². The van der Waals surface area contributed by atoms with Crippen LogP contribution in [0.15, 0.2) is 11.0 Å². The second kappa shape index (κ2) is 3.52. The zero-order valence-electron chi connectivity index (χ0n) is 10.4. The van der Waals surface area contributed by atoms with Crippen molar-refractivity contribution < 1.29 is 5.11 Å². The quantitative estimate of drug-likeness (QED) is 0.697. The van der Waals surface area contributed by atoms with Gasteiger partial charge in [-0.25, -0.2) is 0 Å². The van der Waals surface area contributed by atoms with Gasteiger partial charge in [-0.2, -0.15) is 0 Å². The van der Waals surface area contributed by atoms with E-state index >= 15 is 0 Å². The molecule has 0 aromatic carbocycles. The van der Waals surface area contributed by atoms with Crippen molar-refractivity contribution in [2.75, 3.05) is 0 Å². The van der Waals surface area contributed by atoms with E-state index in [0.29, 0.717) is 17.1 Å². The van der Waals surface area contributed by atoms with E-state index in [0.717, 1.165) is 5.92 Å². The van der Waals surface area contributed by atoms with E-state index in [2.05, 4.69) is 38.6 Å². The van der Waals surface area contributed by atoms with E-state index < -0.39 is 0 Å². The molecule has 3 aliphatic rings. The van der Waals surface area contributed by atoms with Crippen LogP contribution in [-0.4, -0.2) is 16.5 Å². The molecule has 0 aromatic rings. The first-order valence-electron chi connectivity index (χ1n) is 6.54. The van der Waals surface area contributed by atoms with Gasteiger partial charge in [0.05, 0.1) is 6.10 Å². The highest BCUT2D eigenvalue weighted by Crippen LogP contribution is 2.57. The minimum Gasteiger partial charge on any atom is -0.392 e. The fourth-order valence-corrected chi connectivity index (χ4v) is 5.36. The number of hydrogen-bond donors (Lipinski definition) is 1. The van der Waals surface area contributed by atoms with Crippen LogP contribution in [0.3, 0.4) is 0 Å². The summed E-state index contributed by atoms with van der Waals surface area (Å²) in [5, 5.41) is 11.1. The normalized spacial score (nSPS) is 46.8. The monoisotopic (exact) mass is 238 g/mol. The topological polar surface area (TPSA) is 20.2 Å². The first kappa shape index (κ1) is 11.2. The molecule has 0 amide bonds. The summed E-state index contributed by atoms with van der Waals surface area (Å²) in [7, 11) is 0. The number of rotatable bonds is 0. The number of aliphatic hydroxyl groups excluding tert-OH is 1. The van der Waals surface area contributed by atoms with Crippen molar-refractivity contribution in [1.29, 1.82) is 0 Å². The van der Waals surface area contributed by atoms with E-state index in [1.807, 2.05) is 0 Å². The zero-order chi connectivity index (χ0) is 11.5. The van der Waals surface area contributed by atoms with E-state index in [9.17, 15) is 5.11 Å². The van der Waals surface area contributed by atoms with Crippen molar-refractivity contribution in [1.82, 2.24) is 0 Å². The second-order valence-electron chi connectivity index (χ2n) is 6.76. The summed E-state index contributed by atoms with van der Waals surface area (Å²) < 4.78 is 0. The maximum Gasteiger partial charge on any atom is 0.0642 e. The molecule has 90 valence electrons. The maximum atomic E-state index is 10.4. The SMILES string of the molecule is CC(C)(C)C1=CC2C(O)C3CCC(C3)C2S1. The summed E-state index contributed by atoms with van der Waals surface area (Å²) in [5.41, 5.74) is 0.265. The number of allylic oxidation sites excluding steroid dienone is 1. The minimum absolute atomic E-state index is 0.0592. The lowest BCUT2D eigenvalue weighted by Gasteiger charge is -2.35. The average Bonchev–Trinajstić information content (AvgIpc) is 2.80. The summed E-state index contributed by atoms with van der Waals surface area (Å²) in [6.45, 7) is 6.86. The Morgan fingerprint density at radius 3 is 2.62 bits per heavy atom. The number of aliphatic hydroxyl groups is 1. The molecule has 5 unspecified atom stereocenters. The Balaban J connectivity index is 1.88. The van der Waals surface area contributed by atoms with Gasteiger partial charge < -0.3 is 5.11 Å². The third-order valence-corrected chi connectivity index (χ3v) is 6.55. The van der Waals surface area contributed by atoms with Gasteiger partial charge in [-0.05, 0) is 41.4 Å². The highest BCUT2D eigenvalue weighted by molar-refractivity contribution is 8.04. The van der Waals surface area contributed by atoms with Crippen LogP contribution in [0.25, 0.3) is 0 Å². The molecular formula is C14H22OS. The fraction of sp³-hybridized carbons (Fsp3) is 0.857. The molecule has 5 atom stereocenters. The predicted octanol–water partition coefficient (Wildman–Crippen LogP) is 3.44. The molecule has 2 aliphatic carbocycles. The van der Waals surface area contributed by atoms with Crippen molar-refractivity contribution in [3.8, 4) is 0 Å². The van der Waals surface area contributed by atoms with Gasteiger partial charge in [-0.1, -0.05) is 26.8 Å². The number of hydrogen-bond acceptors (Lipinski definition) is 2. The average molecular weight is 238 g/mol. The van der Waals surface area contributed by atoms with Crippen LogP contribution in [0.1, 0.15) is 40.0 Å². The molecule has 1 aliphatic heterocycles. The van der Waals surface area contributed by atoms with Gasteiger partial charge in [0, 0.05) is 11.2 Å². The van der Waals surface area contributed by atoms with Crippen LogP contribution in [-0.2, 0) is 0 Å². The molecule has 0 radical (unpaired) electrons. The molecule has 2 heteroatoms. The molecule has 16 heavy (non-hydrogen) atoms. The smallest absolute Gasteiger partial charge is 0.0642 e. The summed E-state index contributed by atoms with van der Waals surface area (Å²) in [4.78, 5) is 1.51. The van der Waals surface area contributed by atoms with E-state index in [4.69, 9.17) is 0 Å². The van der Waals surface area contributed by atoms with Crippen LogP contribution in [0.5, 0.6) is 0 Å². The molecule has 2 fully saturated rings. The molecule has 1 nitrogen and oxygen atoms in total. The second-order valence-corrected chi connectivity index (χ2v) is 7.98. The van der Waals surface area contributed by atoms with Gasteiger partial charge >= 0.3 is 0 Å². The van der Waals surface area contributed by atoms with Crippen molar-refractivity contribution in [2.45, 2.75) is 51.4 Å². The van der Waals surface area contributed by atoms with Crippen molar-refractivity contribution in [3.05, 3.63) is 11.0 Å². The van der Waals surface area contributed by atoms with Crippen LogP contribution in [0, 0.1) is 23.2 Å². The molecule has 0 saturated heterocycles. The molecular weight excluding hydrogens is 216 g/mol. The van der Waals surface area contributed by atoms with Gasteiger partial charge in [0.1, 0.15) is 0 Å². The zero-order valence-corrected chi connectivity index (χ0v) is 11.3. The minimum atomic E-state index is -0.0592. The van der Waals surface area contributed by atoms with Gasteiger partial charge in [0.25, 0.3) is 0 Å². The van der Waals surface area contributed by atoms with Gasteiger partial charge in [-0.3, -0.25) is 0 Å². The maximum absolute atomic E-state index is 10.4. The lowest BCUT2D eigenvalue weighted by molar-refractivity contribution is 0.0473. The first-order chi connectivity index (χ1) is 7.47. The Morgan fingerprint density at radius 2 is 1.94 bits per heavy atom. The van der Waals surface area contributed by atoms with Gasteiger partial charge in [0.2, 0.25) is 0 Å². The Bertz CT molecular complexity index is 328. The molecule has 0 spiro atoms. The molecule has 0 aromatic heterocycles.